The lowest BCUT2D eigenvalue weighted by Gasteiger charge is -2.31. The van der Waals surface area contributed by atoms with Gasteiger partial charge in [0.25, 0.3) is 0 Å². The predicted molar refractivity (Wildman–Crippen MR) is 185 cm³/mol. The maximum Gasteiger partial charge on any atom is 0.490 e. The van der Waals surface area contributed by atoms with Gasteiger partial charge in [0.1, 0.15) is 23.8 Å². The molecule has 0 spiro atoms. The molecule has 1 fully saturated rings. The van der Waals surface area contributed by atoms with Gasteiger partial charge < -0.3 is 31.7 Å². The Kier molecular flexibility index (Phi) is 14.5. The summed E-state index contributed by atoms with van der Waals surface area (Å²) < 4.78 is 33.3. The van der Waals surface area contributed by atoms with Gasteiger partial charge in [-0.15, -0.1) is 5.10 Å². The number of carboxylic acids is 1. The van der Waals surface area contributed by atoms with Gasteiger partial charge in [-0.3, -0.25) is 19.2 Å². The van der Waals surface area contributed by atoms with Crippen LogP contribution < -0.4 is 21.7 Å². The zero-order valence-corrected chi connectivity index (χ0v) is 30.0. The van der Waals surface area contributed by atoms with E-state index in [2.05, 4.69) is 26.3 Å². The molecule has 0 radical (unpaired) electrons. The number of nitrogens with two attached hydrogens (primary N) is 1. The third-order valence-corrected chi connectivity index (χ3v) is 8.95. The van der Waals surface area contributed by atoms with Crippen molar-refractivity contribution in [2.75, 3.05) is 13.6 Å². The van der Waals surface area contributed by atoms with Gasteiger partial charge in [-0.2, -0.15) is 13.2 Å². The van der Waals surface area contributed by atoms with E-state index in [9.17, 15) is 32.3 Å². The molecular weight excluding hydrogens is 732 g/mol. The van der Waals surface area contributed by atoms with E-state index in [0.717, 1.165) is 5.56 Å². The van der Waals surface area contributed by atoms with Gasteiger partial charge in [-0.1, -0.05) is 78.7 Å². The number of benzene rings is 2. The zero-order chi connectivity index (χ0) is 38.9. The number of hydrogen-bond donors (Lipinski definition) is 5. The highest BCUT2D eigenvalue weighted by Gasteiger charge is 2.44. The Morgan fingerprint density at radius 1 is 1.02 bits per heavy atom. The van der Waals surface area contributed by atoms with Gasteiger partial charge in [-0.25, -0.2) is 9.48 Å². The van der Waals surface area contributed by atoms with Crippen LogP contribution in [0.3, 0.4) is 0 Å². The van der Waals surface area contributed by atoms with E-state index in [4.69, 9.17) is 38.8 Å². The van der Waals surface area contributed by atoms with Crippen LogP contribution in [-0.4, -0.2) is 98.5 Å². The van der Waals surface area contributed by atoms with Crippen molar-refractivity contribution in [3.63, 3.8) is 0 Å². The van der Waals surface area contributed by atoms with Crippen molar-refractivity contribution in [2.24, 2.45) is 11.7 Å². The fraction of sp³-hybridized carbons (Fsp3) is 0.424. The second-order valence-corrected chi connectivity index (χ2v) is 13.1. The van der Waals surface area contributed by atoms with Gasteiger partial charge >= 0.3 is 12.1 Å². The molecule has 1 aliphatic rings. The van der Waals surface area contributed by atoms with Crippen LogP contribution in [0.25, 0.3) is 11.3 Å². The van der Waals surface area contributed by atoms with Gasteiger partial charge in [-0.05, 0) is 37.6 Å². The van der Waals surface area contributed by atoms with Crippen molar-refractivity contribution in [3.8, 4) is 11.3 Å². The maximum atomic E-state index is 14.1. The molecule has 4 rings (SSSR count). The van der Waals surface area contributed by atoms with E-state index in [1.807, 2.05) is 44.2 Å². The Labute approximate surface area is 307 Å². The molecule has 0 aliphatic carbocycles. The van der Waals surface area contributed by atoms with Crippen LogP contribution >= 0.6 is 23.2 Å². The Balaban J connectivity index is 0.000000944. The first-order valence-electron chi connectivity index (χ1n) is 15.9. The molecule has 1 saturated heterocycles. The molecule has 19 heteroatoms. The summed E-state index contributed by atoms with van der Waals surface area (Å²) in [5.41, 5.74) is 7.72. The van der Waals surface area contributed by atoms with E-state index in [1.165, 1.54) is 4.90 Å². The molecule has 14 nitrogen and oxygen atoms in total. The maximum absolute atomic E-state index is 14.1. The number of likely N-dealkylation sites (N-methyl/N-ethyl adjacent to an activating group) is 1. The van der Waals surface area contributed by atoms with Crippen molar-refractivity contribution in [3.05, 3.63) is 70.3 Å². The molecule has 4 amide bonds. The Morgan fingerprint density at radius 2 is 1.65 bits per heavy atom. The Bertz CT molecular complexity index is 1740. The van der Waals surface area contributed by atoms with Gasteiger partial charge in [0.05, 0.1) is 28.3 Å². The highest BCUT2D eigenvalue weighted by molar-refractivity contribution is 6.42. The molecule has 52 heavy (non-hydrogen) atoms. The summed E-state index contributed by atoms with van der Waals surface area (Å²) in [6.07, 6.45) is -3.00. The van der Waals surface area contributed by atoms with Crippen molar-refractivity contribution in [1.29, 1.82) is 0 Å². The summed E-state index contributed by atoms with van der Waals surface area (Å²) in [6, 6.07) is 10.4. The van der Waals surface area contributed by atoms with Crippen LogP contribution in [0, 0.1) is 5.92 Å². The van der Waals surface area contributed by atoms with Crippen molar-refractivity contribution in [1.82, 2.24) is 35.8 Å². The predicted octanol–water partition coefficient (Wildman–Crippen LogP) is 2.99. The SMILES string of the molecule is CN[C@@H](C)C(=O)N[C@H](C(=O)N1C[C@H](n2cc(-c3ccc(Cl)c(Cl)c3)nn2)C[C@H]1C(=O)N[C@@H](Cc1ccccc1)C(N)=O)C(C)C.O=C(O)C(F)(F)F. The molecule has 0 bridgehead atoms. The van der Waals surface area contributed by atoms with Gasteiger partial charge in [0.2, 0.25) is 23.6 Å². The minimum Gasteiger partial charge on any atom is -0.475 e. The van der Waals surface area contributed by atoms with Crippen molar-refractivity contribution in [2.45, 2.75) is 70.0 Å². The summed E-state index contributed by atoms with van der Waals surface area (Å²) in [4.78, 5) is 63.4. The lowest BCUT2D eigenvalue weighted by Crippen LogP contribution is -2.58. The number of nitrogens with one attached hydrogen (secondary N) is 3. The number of rotatable bonds is 12. The fourth-order valence-electron chi connectivity index (χ4n) is 5.18. The van der Waals surface area contributed by atoms with Crippen LogP contribution in [0.1, 0.15) is 38.8 Å². The largest absolute Gasteiger partial charge is 0.490 e. The van der Waals surface area contributed by atoms with E-state index in [1.54, 1.807) is 43.0 Å². The average Bonchev–Trinajstić information content (AvgIpc) is 3.76. The smallest absolute Gasteiger partial charge is 0.475 e. The molecule has 2 heterocycles. The van der Waals surface area contributed by atoms with Crippen LogP contribution in [-0.2, 0) is 30.4 Å². The quantitative estimate of drug-likeness (QED) is 0.184. The topological polar surface area (TPSA) is 202 Å². The van der Waals surface area contributed by atoms with Crippen molar-refractivity contribution >= 4 is 52.8 Å². The Hall–Kier alpha value is -4.74. The Morgan fingerprint density at radius 3 is 2.19 bits per heavy atom. The second-order valence-electron chi connectivity index (χ2n) is 12.3. The van der Waals surface area contributed by atoms with E-state index in [-0.39, 0.29) is 31.2 Å². The average molecular weight is 772 g/mol. The molecule has 1 aromatic heterocycles. The second kappa shape index (κ2) is 18.1. The molecule has 5 atom stereocenters. The normalized spacial score (nSPS) is 17.4. The van der Waals surface area contributed by atoms with Crippen LogP contribution in [0.15, 0.2) is 54.7 Å². The summed E-state index contributed by atoms with van der Waals surface area (Å²) in [5.74, 6) is -5.04. The number of primary amides is 1. The number of aliphatic carboxylic acids is 1. The molecule has 2 aromatic carbocycles. The minimum atomic E-state index is -5.08. The number of nitrogens with zero attached hydrogens (tertiary/aromatic N) is 4. The summed E-state index contributed by atoms with van der Waals surface area (Å²) in [7, 11) is 1.65. The lowest BCUT2D eigenvalue weighted by molar-refractivity contribution is -0.192. The van der Waals surface area contributed by atoms with Gasteiger partial charge in [0.15, 0.2) is 0 Å². The molecule has 3 aromatic rings. The highest BCUT2D eigenvalue weighted by Crippen LogP contribution is 2.31. The molecule has 6 N–H and O–H groups in total. The number of carbonyl (C=O) groups excluding carboxylic acids is 4. The number of carbonyl (C=O) groups is 5. The molecule has 0 unspecified atom stereocenters. The number of hydrogen-bond acceptors (Lipinski definition) is 8. The third-order valence-electron chi connectivity index (χ3n) is 8.21. The van der Waals surface area contributed by atoms with E-state index >= 15 is 0 Å². The monoisotopic (exact) mass is 770 g/mol. The first-order valence-corrected chi connectivity index (χ1v) is 16.7. The number of carboxylic acid groups (broad SMARTS) is 1. The lowest BCUT2D eigenvalue weighted by atomic mass is 10.0. The van der Waals surface area contributed by atoms with E-state index < -0.39 is 60.1 Å². The molecule has 1 aliphatic heterocycles. The summed E-state index contributed by atoms with van der Waals surface area (Å²) in [6.45, 7) is 5.44. The number of aromatic nitrogens is 3. The van der Waals surface area contributed by atoms with Gasteiger partial charge in [0, 0.05) is 24.9 Å². The van der Waals surface area contributed by atoms with Crippen LogP contribution in [0.2, 0.25) is 10.0 Å². The van der Waals surface area contributed by atoms with Crippen molar-refractivity contribution < 1.29 is 42.3 Å². The zero-order valence-electron chi connectivity index (χ0n) is 28.5. The standard InChI is InChI=1S/C31H38Cl2N8O4.C2HF3O2/c1-17(2)27(37-29(43)18(3)35-4)31(45)40-15-21(41-16-25(38-39-41)20-10-11-22(32)23(33)13-20)14-26(40)30(44)36-24(28(34)42)12-19-8-6-5-7-9-19;3-2(4,5)1(6)7/h5-11,13,16-18,21,24,26-27,35H,12,14-15H2,1-4H3,(H2,34,42)(H,36,44)(H,37,43);(H,6,7)/t18-,21+,24-,26-,27-;/m0./s1. The van der Waals surface area contributed by atoms with Crippen LogP contribution in [0.5, 0.6) is 0 Å². The molecule has 282 valence electrons. The number of alkyl halides is 3. The molecule has 0 saturated carbocycles. The minimum absolute atomic E-state index is 0.113. The van der Waals surface area contributed by atoms with E-state index in [0.29, 0.717) is 21.3 Å². The summed E-state index contributed by atoms with van der Waals surface area (Å²) in [5, 5.41) is 24.9. The first kappa shape index (κ1) is 41.7. The van der Waals surface area contributed by atoms with Crippen LogP contribution in [0.4, 0.5) is 13.2 Å². The first-order chi connectivity index (χ1) is 24.3. The summed E-state index contributed by atoms with van der Waals surface area (Å²) >= 11 is 12.3. The fourth-order valence-corrected chi connectivity index (χ4v) is 5.48. The highest BCUT2D eigenvalue weighted by atomic mass is 35.5. The molecular formula is C33H39Cl2F3N8O6. The third kappa shape index (κ3) is 11.1. The number of likely N-dealkylation sites (tertiary alicyclic amines) is 1. The number of halogens is 5. The number of amides is 4.